The van der Waals surface area contributed by atoms with Gasteiger partial charge in [0.15, 0.2) is 5.58 Å². The molecular formula is C52H40N4O. The van der Waals surface area contributed by atoms with E-state index in [1.54, 1.807) is 0 Å². The molecule has 5 heteroatoms. The van der Waals surface area contributed by atoms with Crippen molar-refractivity contribution in [3.63, 3.8) is 0 Å². The first-order valence-corrected chi connectivity index (χ1v) is 20.0. The van der Waals surface area contributed by atoms with Gasteiger partial charge in [-0.25, -0.2) is 9.97 Å². The number of benzene rings is 7. The van der Waals surface area contributed by atoms with Gasteiger partial charge in [0, 0.05) is 43.6 Å². The number of hydrogen-bond donors (Lipinski definition) is 0. The third kappa shape index (κ3) is 4.57. The highest BCUT2D eigenvalue weighted by molar-refractivity contribution is 6.23. The second-order valence-corrected chi connectivity index (χ2v) is 17.3. The Hall–Kier alpha value is -6.72. The molecule has 1 aliphatic carbocycles. The zero-order chi connectivity index (χ0) is 38.2. The summed E-state index contributed by atoms with van der Waals surface area (Å²) in [5, 5.41) is 8.12. The molecule has 0 saturated carbocycles. The van der Waals surface area contributed by atoms with Gasteiger partial charge in [-0.05, 0) is 88.7 Å². The van der Waals surface area contributed by atoms with Crippen LogP contribution in [0.15, 0.2) is 150 Å². The average molecular weight is 737 g/mol. The molecule has 1 aliphatic rings. The number of hydrogen-bond acceptors (Lipinski definition) is 3. The molecule has 5 nitrogen and oxygen atoms in total. The van der Waals surface area contributed by atoms with E-state index in [-0.39, 0.29) is 10.8 Å². The summed E-state index contributed by atoms with van der Waals surface area (Å²) in [7, 11) is 0. The molecule has 0 unspecified atom stereocenters. The Balaban J connectivity index is 1.27. The van der Waals surface area contributed by atoms with E-state index in [0.29, 0.717) is 11.5 Å². The van der Waals surface area contributed by atoms with Crippen molar-refractivity contribution in [1.82, 2.24) is 19.1 Å². The number of furan rings is 1. The molecule has 0 radical (unpaired) electrons. The first-order chi connectivity index (χ1) is 27.7. The summed E-state index contributed by atoms with van der Waals surface area (Å²) in [5.74, 6) is 0.621. The lowest BCUT2D eigenvalue weighted by molar-refractivity contribution is 0.332. The van der Waals surface area contributed by atoms with Gasteiger partial charge in [-0.1, -0.05) is 125 Å². The van der Waals surface area contributed by atoms with Crippen LogP contribution in [0.2, 0.25) is 0 Å². The Morgan fingerprint density at radius 1 is 0.509 bits per heavy atom. The number of nitrogens with zero attached hydrogens (tertiary/aromatic N) is 4. The SMILES string of the molecule is CC1(C)CCC(C)(C)c2cc3c(cc21)c1cc2c(cc1n3-c1ccccc1)c1ccc3ccccc3c1n2-c1nc(-c2ccccc2)c2oc3ccccc3c2n1. The molecule has 0 amide bonds. The van der Waals surface area contributed by atoms with Crippen LogP contribution in [-0.4, -0.2) is 19.1 Å². The third-order valence-corrected chi connectivity index (χ3v) is 13.0. The topological polar surface area (TPSA) is 48.8 Å². The highest BCUT2D eigenvalue weighted by Crippen LogP contribution is 2.49. The summed E-state index contributed by atoms with van der Waals surface area (Å²) in [4.78, 5) is 10.9. The summed E-state index contributed by atoms with van der Waals surface area (Å²) in [5.41, 5.74) is 12.9. The molecule has 0 N–H and O–H groups in total. The minimum absolute atomic E-state index is 0.0720. The number of fused-ring (bicyclic) bond motifs is 12. The first kappa shape index (κ1) is 32.5. The van der Waals surface area contributed by atoms with E-state index < -0.39 is 0 Å². The van der Waals surface area contributed by atoms with Gasteiger partial charge in [0.25, 0.3) is 0 Å². The molecule has 0 fully saturated rings. The zero-order valence-corrected chi connectivity index (χ0v) is 32.5. The second-order valence-electron chi connectivity index (χ2n) is 17.3. The van der Waals surface area contributed by atoms with Crippen molar-refractivity contribution < 1.29 is 4.42 Å². The van der Waals surface area contributed by atoms with Crippen molar-refractivity contribution in [2.45, 2.75) is 51.4 Å². The van der Waals surface area contributed by atoms with Crippen molar-refractivity contribution >= 4 is 76.5 Å². The van der Waals surface area contributed by atoms with Crippen LogP contribution in [0.25, 0.3) is 99.3 Å². The Kier molecular flexibility index (Phi) is 6.52. The summed E-state index contributed by atoms with van der Waals surface area (Å²) in [6.45, 7) is 9.67. The highest BCUT2D eigenvalue weighted by atomic mass is 16.3. The molecule has 57 heavy (non-hydrogen) atoms. The van der Waals surface area contributed by atoms with Gasteiger partial charge in [-0.15, -0.1) is 0 Å². The van der Waals surface area contributed by atoms with Gasteiger partial charge >= 0.3 is 0 Å². The van der Waals surface area contributed by atoms with Gasteiger partial charge in [-0.2, -0.15) is 0 Å². The predicted molar refractivity (Wildman–Crippen MR) is 236 cm³/mol. The molecule has 274 valence electrons. The molecule has 0 saturated heterocycles. The molecule has 0 aliphatic heterocycles. The fraction of sp³-hybridized carbons (Fsp3) is 0.154. The van der Waals surface area contributed by atoms with E-state index in [0.717, 1.165) is 61.7 Å². The third-order valence-electron chi connectivity index (χ3n) is 13.0. The number of para-hydroxylation sites is 2. The van der Waals surface area contributed by atoms with Crippen molar-refractivity contribution in [3.8, 4) is 22.9 Å². The fourth-order valence-electron chi connectivity index (χ4n) is 9.88. The molecule has 0 atom stereocenters. The van der Waals surface area contributed by atoms with Crippen LogP contribution >= 0.6 is 0 Å². The van der Waals surface area contributed by atoms with Crippen LogP contribution in [0.1, 0.15) is 51.7 Å². The summed E-state index contributed by atoms with van der Waals surface area (Å²) in [6, 6.07) is 52.5. The summed E-state index contributed by atoms with van der Waals surface area (Å²) in [6.07, 6.45) is 2.33. The maximum absolute atomic E-state index is 6.55. The first-order valence-electron chi connectivity index (χ1n) is 20.0. The normalized spacial score (nSPS) is 15.2. The summed E-state index contributed by atoms with van der Waals surface area (Å²) < 4.78 is 11.3. The Morgan fingerprint density at radius 3 is 1.88 bits per heavy atom. The van der Waals surface area contributed by atoms with E-state index in [9.17, 15) is 0 Å². The van der Waals surface area contributed by atoms with Crippen molar-refractivity contribution in [1.29, 1.82) is 0 Å². The van der Waals surface area contributed by atoms with E-state index in [2.05, 4.69) is 164 Å². The average Bonchev–Trinajstić information content (AvgIpc) is 3.89. The van der Waals surface area contributed by atoms with Crippen LogP contribution in [0.3, 0.4) is 0 Å². The lowest BCUT2D eigenvalue weighted by Crippen LogP contribution is -2.33. The van der Waals surface area contributed by atoms with Gasteiger partial charge in [0.05, 0.1) is 22.1 Å². The largest absolute Gasteiger partial charge is 0.452 e. The van der Waals surface area contributed by atoms with Gasteiger partial charge in [-0.3, -0.25) is 4.57 Å². The highest BCUT2D eigenvalue weighted by Gasteiger charge is 2.38. The van der Waals surface area contributed by atoms with E-state index in [4.69, 9.17) is 14.4 Å². The molecule has 0 bridgehead atoms. The summed E-state index contributed by atoms with van der Waals surface area (Å²) >= 11 is 0. The van der Waals surface area contributed by atoms with Crippen molar-refractivity contribution in [2.24, 2.45) is 0 Å². The molecule has 7 aromatic carbocycles. The van der Waals surface area contributed by atoms with Crippen molar-refractivity contribution in [3.05, 3.63) is 157 Å². The Labute approximate surface area is 329 Å². The minimum Gasteiger partial charge on any atom is -0.452 e. The van der Waals surface area contributed by atoms with Crippen LogP contribution < -0.4 is 0 Å². The smallest absolute Gasteiger partial charge is 0.236 e. The van der Waals surface area contributed by atoms with E-state index in [1.165, 1.54) is 50.1 Å². The number of rotatable bonds is 3. The lowest BCUT2D eigenvalue weighted by atomic mass is 9.63. The van der Waals surface area contributed by atoms with Crippen molar-refractivity contribution in [2.75, 3.05) is 0 Å². The maximum atomic E-state index is 6.55. The van der Waals surface area contributed by atoms with Gasteiger partial charge in [0.2, 0.25) is 5.95 Å². The maximum Gasteiger partial charge on any atom is 0.236 e. The minimum atomic E-state index is 0.0720. The zero-order valence-electron chi connectivity index (χ0n) is 32.5. The monoisotopic (exact) mass is 736 g/mol. The van der Waals surface area contributed by atoms with Crippen LogP contribution in [0.4, 0.5) is 0 Å². The Morgan fingerprint density at radius 2 is 1.11 bits per heavy atom. The van der Waals surface area contributed by atoms with Crippen LogP contribution in [0, 0.1) is 0 Å². The molecule has 12 rings (SSSR count). The second kappa shape index (κ2) is 11.4. The number of aromatic nitrogens is 4. The lowest BCUT2D eigenvalue weighted by Gasteiger charge is -2.42. The molecule has 11 aromatic rings. The van der Waals surface area contributed by atoms with Crippen LogP contribution in [-0.2, 0) is 10.8 Å². The van der Waals surface area contributed by atoms with E-state index >= 15 is 0 Å². The fourth-order valence-corrected chi connectivity index (χ4v) is 9.88. The molecule has 4 heterocycles. The molecule has 0 spiro atoms. The van der Waals surface area contributed by atoms with E-state index in [1.807, 2.05) is 18.2 Å². The predicted octanol–water partition coefficient (Wildman–Crippen LogP) is 13.7. The quantitative estimate of drug-likeness (QED) is 0.181. The molecule has 4 aromatic heterocycles. The van der Waals surface area contributed by atoms with Crippen LogP contribution in [0.5, 0.6) is 0 Å². The standard InChI is InChI=1S/C52H40N4O/c1-51(2)25-26-52(3,4)41-30-44-37(27-40(41)51)39-29-43-38(28-42(39)55(44)33-18-9-6-10-19-33)35-24-23-31-15-11-12-20-34(31)48(35)56(43)50-53-46(32-16-7-5-8-17-32)49-47(54-50)36-21-13-14-22-45(36)57-49/h5-24,27-30H,25-26H2,1-4H3. The Bertz CT molecular complexity index is 3460. The molecular weight excluding hydrogens is 697 g/mol. The van der Waals surface area contributed by atoms with Gasteiger partial charge in [0.1, 0.15) is 16.8 Å². The van der Waals surface area contributed by atoms with Gasteiger partial charge < -0.3 is 8.98 Å².